The highest BCUT2D eigenvalue weighted by Gasteiger charge is 2.29. The van der Waals surface area contributed by atoms with E-state index >= 15 is 0 Å². The van der Waals surface area contributed by atoms with Crippen molar-refractivity contribution in [3.05, 3.63) is 83.8 Å². The van der Waals surface area contributed by atoms with Gasteiger partial charge in [-0.05, 0) is 64.2 Å². The van der Waals surface area contributed by atoms with E-state index in [1.165, 1.54) is 6.33 Å². The molecule has 2 aromatic heterocycles. The van der Waals surface area contributed by atoms with Crippen LogP contribution in [-0.4, -0.2) is 50.7 Å². The zero-order valence-corrected chi connectivity index (χ0v) is 25.9. The van der Waals surface area contributed by atoms with Crippen molar-refractivity contribution in [2.24, 2.45) is 0 Å². The lowest BCUT2D eigenvalue weighted by Gasteiger charge is -2.15. The Morgan fingerprint density at radius 1 is 0.955 bits per heavy atom. The van der Waals surface area contributed by atoms with Gasteiger partial charge in [-0.1, -0.05) is 67.7 Å². The summed E-state index contributed by atoms with van der Waals surface area (Å²) in [5.41, 5.74) is 0.423. The summed E-state index contributed by atoms with van der Waals surface area (Å²) >= 11 is 0. The predicted octanol–water partition coefficient (Wildman–Crippen LogP) is 6.79. The van der Waals surface area contributed by atoms with Gasteiger partial charge in [0.05, 0.1) is 18.8 Å². The molecule has 1 saturated heterocycles. The lowest BCUT2D eigenvalue weighted by atomic mass is 10.1. The van der Waals surface area contributed by atoms with Crippen LogP contribution in [0.1, 0.15) is 90.2 Å². The number of alkyl carbamates (subject to hydrolysis) is 1. The number of aromatic nitrogens is 4. The quantitative estimate of drug-likeness (QED) is 0.126. The summed E-state index contributed by atoms with van der Waals surface area (Å²) in [7, 11) is 0. The summed E-state index contributed by atoms with van der Waals surface area (Å²) in [6, 6.07) is 0. The number of carbonyl (C=O) groups is 2. The van der Waals surface area contributed by atoms with Crippen LogP contribution in [0.2, 0.25) is 0 Å². The van der Waals surface area contributed by atoms with E-state index in [4.69, 9.17) is 9.47 Å². The number of ketones is 1. The van der Waals surface area contributed by atoms with Gasteiger partial charge in [0.1, 0.15) is 18.6 Å². The van der Waals surface area contributed by atoms with Crippen LogP contribution in [0.15, 0.2) is 78.2 Å². The molecule has 1 amide bonds. The molecule has 2 atom stereocenters. The van der Waals surface area contributed by atoms with Crippen LogP contribution >= 0.6 is 0 Å². The molecule has 2 aromatic rings. The van der Waals surface area contributed by atoms with Crippen molar-refractivity contribution in [1.82, 2.24) is 24.8 Å². The molecule has 0 radical (unpaired) electrons. The van der Waals surface area contributed by atoms with Crippen molar-refractivity contribution in [2.45, 2.75) is 96.3 Å². The first-order valence-corrected chi connectivity index (χ1v) is 15.8. The number of carbonyl (C=O) groups excluding carboxylic acids is 2. The number of hydrogen-bond donors (Lipinski definition) is 2. The second-order valence-corrected chi connectivity index (χ2v) is 10.6. The van der Waals surface area contributed by atoms with Gasteiger partial charge in [0.2, 0.25) is 0 Å². The van der Waals surface area contributed by atoms with Crippen LogP contribution in [0.5, 0.6) is 0 Å². The monoisotopic (exact) mass is 605 g/mol. The van der Waals surface area contributed by atoms with Crippen LogP contribution in [0.25, 0.3) is 11.2 Å². The van der Waals surface area contributed by atoms with Gasteiger partial charge in [0.15, 0.2) is 11.2 Å². The Morgan fingerprint density at radius 2 is 1.61 bits per heavy atom. The number of nitrogens with one attached hydrogen (secondary N) is 2. The average Bonchev–Trinajstić information content (AvgIpc) is 3.68. The molecule has 3 rings (SSSR count). The zero-order valence-electron chi connectivity index (χ0n) is 25.9. The number of fused-ring (bicyclic) bond motifs is 1. The van der Waals surface area contributed by atoms with Gasteiger partial charge in [-0.3, -0.25) is 14.2 Å². The van der Waals surface area contributed by atoms with Gasteiger partial charge in [-0.15, -0.1) is 0 Å². The zero-order chi connectivity index (χ0) is 31.2. The van der Waals surface area contributed by atoms with Crippen LogP contribution in [0, 0.1) is 0 Å². The Kier molecular flexibility index (Phi) is 16.3. The number of hydrogen-bond acceptors (Lipinski definition) is 7. The van der Waals surface area contributed by atoms with Crippen molar-refractivity contribution in [2.75, 3.05) is 13.2 Å². The highest BCUT2D eigenvalue weighted by atomic mass is 16.6. The molecule has 0 saturated carbocycles. The first-order chi connectivity index (χ1) is 21.6. The topological polar surface area (TPSA) is 128 Å². The number of imidazole rings is 1. The second kappa shape index (κ2) is 20.8. The fourth-order valence-electron chi connectivity index (χ4n) is 4.69. The maximum atomic E-state index is 12.1. The standard InChI is InChI=1S/C34H47N5O5/c1-2-3-4-5-6-7-8-9-10-11-12-13-14-15-16-17-18-20-28(40)21-19-24-35-34(42)43-25-29-22-23-30(44-29)39-27-38-31-32(39)36-26-37-33(31)41/h3-4,6-7,9-10,12-13,15-16,26-27,29-30H,2,5,8,11,14,17-25H2,1H3,(H,35,42)(H,36,37,41)/b4-3-,7-6-,10-9-,13-12-,16-15-/t29-,30?/m0/s1. The number of nitrogens with zero attached hydrogens (tertiary/aromatic N) is 3. The van der Waals surface area contributed by atoms with E-state index in [-0.39, 0.29) is 35.8 Å². The Labute approximate surface area is 260 Å². The van der Waals surface area contributed by atoms with E-state index in [9.17, 15) is 14.4 Å². The van der Waals surface area contributed by atoms with Crippen molar-refractivity contribution in [3.63, 3.8) is 0 Å². The lowest BCUT2D eigenvalue weighted by molar-refractivity contribution is -0.119. The molecule has 44 heavy (non-hydrogen) atoms. The molecule has 10 nitrogen and oxygen atoms in total. The third kappa shape index (κ3) is 13.1. The van der Waals surface area contributed by atoms with Gasteiger partial charge in [0, 0.05) is 19.4 Å². The summed E-state index contributed by atoms with van der Waals surface area (Å²) in [5.74, 6) is 0.210. The van der Waals surface area contributed by atoms with E-state index in [1.54, 1.807) is 10.9 Å². The maximum absolute atomic E-state index is 12.1. The van der Waals surface area contributed by atoms with E-state index in [1.807, 2.05) is 0 Å². The fourth-order valence-corrected chi connectivity index (χ4v) is 4.69. The van der Waals surface area contributed by atoms with Gasteiger partial charge in [-0.2, -0.15) is 0 Å². The molecule has 238 valence electrons. The van der Waals surface area contributed by atoms with Crippen molar-refractivity contribution < 1.29 is 19.1 Å². The SMILES string of the molecule is CC/C=C\C/C=C\C/C=C\C/C=C\C/C=C\CCCC(=O)CCCNC(=O)OC[C@@H]1CCC(n2cnc3c(=O)[nH]cnc32)O1. The van der Waals surface area contributed by atoms with Gasteiger partial charge >= 0.3 is 6.09 Å². The normalized spacial score (nSPS) is 17.4. The number of amides is 1. The summed E-state index contributed by atoms with van der Waals surface area (Å²) in [4.78, 5) is 46.9. The van der Waals surface area contributed by atoms with Crippen molar-refractivity contribution in [1.29, 1.82) is 0 Å². The molecule has 10 heteroatoms. The smallest absolute Gasteiger partial charge is 0.407 e. The fraction of sp³-hybridized carbons (Fsp3) is 0.500. The minimum absolute atomic E-state index is 0.123. The molecule has 3 heterocycles. The molecule has 1 fully saturated rings. The Balaban J connectivity index is 1.14. The van der Waals surface area contributed by atoms with E-state index in [2.05, 4.69) is 88.0 Å². The Morgan fingerprint density at radius 3 is 2.32 bits per heavy atom. The lowest BCUT2D eigenvalue weighted by Crippen LogP contribution is -2.29. The van der Waals surface area contributed by atoms with E-state index in [0.717, 1.165) is 44.9 Å². The third-order valence-corrected chi connectivity index (χ3v) is 7.05. The molecular formula is C34H47N5O5. The molecule has 1 aliphatic heterocycles. The number of rotatable bonds is 20. The minimum atomic E-state index is -0.524. The Bertz CT molecular complexity index is 1350. The third-order valence-electron chi connectivity index (χ3n) is 7.05. The van der Waals surface area contributed by atoms with Crippen LogP contribution in [-0.2, 0) is 14.3 Å². The molecule has 0 spiro atoms. The maximum Gasteiger partial charge on any atom is 0.407 e. The van der Waals surface area contributed by atoms with Gasteiger partial charge in [0.25, 0.3) is 5.56 Å². The van der Waals surface area contributed by atoms with Crippen molar-refractivity contribution >= 4 is 23.0 Å². The molecule has 2 N–H and O–H groups in total. The van der Waals surface area contributed by atoms with E-state index in [0.29, 0.717) is 44.3 Å². The number of H-pyrrole nitrogens is 1. The summed E-state index contributed by atoms with van der Waals surface area (Å²) in [6.45, 7) is 2.65. The Hall–Kier alpha value is -4.05. The number of unbranched alkanes of at least 4 members (excludes halogenated alkanes) is 1. The first-order valence-electron chi connectivity index (χ1n) is 15.8. The second-order valence-electron chi connectivity index (χ2n) is 10.6. The highest BCUT2D eigenvalue weighted by Crippen LogP contribution is 2.29. The molecule has 0 aromatic carbocycles. The number of Topliss-reactive ketones (excluding diaryl/α,β-unsaturated/α-hetero) is 1. The minimum Gasteiger partial charge on any atom is -0.447 e. The van der Waals surface area contributed by atoms with E-state index < -0.39 is 6.09 Å². The number of aromatic amines is 1. The summed E-state index contributed by atoms with van der Waals surface area (Å²) in [6.07, 6.45) is 33.2. The molecule has 0 bridgehead atoms. The van der Waals surface area contributed by atoms with Gasteiger partial charge in [-0.25, -0.2) is 14.8 Å². The van der Waals surface area contributed by atoms with Crippen LogP contribution in [0.3, 0.4) is 0 Å². The molecule has 1 aliphatic rings. The predicted molar refractivity (Wildman–Crippen MR) is 173 cm³/mol. The van der Waals surface area contributed by atoms with Gasteiger partial charge < -0.3 is 19.8 Å². The summed E-state index contributed by atoms with van der Waals surface area (Å²) in [5, 5.41) is 2.70. The van der Waals surface area contributed by atoms with Crippen LogP contribution < -0.4 is 10.9 Å². The average molecular weight is 606 g/mol. The van der Waals surface area contributed by atoms with Crippen molar-refractivity contribution in [3.8, 4) is 0 Å². The van der Waals surface area contributed by atoms with Crippen LogP contribution in [0.4, 0.5) is 4.79 Å². The molecule has 1 unspecified atom stereocenters. The number of ether oxygens (including phenoxy) is 2. The largest absolute Gasteiger partial charge is 0.447 e. The molecular weight excluding hydrogens is 558 g/mol. The summed E-state index contributed by atoms with van der Waals surface area (Å²) < 4.78 is 13.0. The molecule has 0 aliphatic carbocycles. The first kappa shape index (κ1) is 34.4. The number of allylic oxidation sites excluding steroid dienone is 10. The highest BCUT2D eigenvalue weighted by molar-refractivity contribution is 5.78.